The molecule has 1 aliphatic heterocycles. The molecule has 112 valence electrons. The first kappa shape index (κ1) is 15.0. The van der Waals surface area contributed by atoms with Crippen LogP contribution in [-0.2, 0) is 0 Å². The average molecular weight is 319 g/mol. The molecule has 3 unspecified atom stereocenters. The van der Waals surface area contributed by atoms with Crippen LogP contribution in [0.25, 0.3) is 5.69 Å². The fraction of sp³-hybridized carbons (Fsp3) is 0.438. The Balaban J connectivity index is 1.93. The lowest BCUT2D eigenvalue weighted by molar-refractivity contribution is 0.530. The molecule has 3 nitrogen and oxygen atoms in total. The second kappa shape index (κ2) is 6.90. The first-order valence-electron chi connectivity index (χ1n) is 7.31. The maximum Gasteiger partial charge on any atom is 0.0649 e. The zero-order chi connectivity index (χ0) is 14.7. The van der Waals surface area contributed by atoms with E-state index in [1.54, 1.807) is 0 Å². The van der Waals surface area contributed by atoms with Crippen molar-refractivity contribution in [3.63, 3.8) is 0 Å². The van der Waals surface area contributed by atoms with Gasteiger partial charge in [-0.05, 0) is 25.2 Å². The summed E-state index contributed by atoms with van der Waals surface area (Å²) in [5.41, 5.74) is 2.37. The molecular formula is C16H21N3S2. The van der Waals surface area contributed by atoms with Crippen LogP contribution in [0.15, 0.2) is 42.6 Å². The minimum absolute atomic E-state index is 0.320. The van der Waals surface area contributed by atoms with Gasteiger partial charge in [0.05, 0.1) is 17.4 Å². The van der Waals surface area contributed by atoms with Crippen LogP contribution in [0.4, 0.5) is 0 Å². The molecule has 21 heavy (non-hydrogen) atoms. The quantitative estimate of drug-likeness (QED) is 0.936. The van der Waals surface area contributed by atoms with Crippen molar-refractivity contribution in [2.75, 3.05) is 18.6 Å². The largest absolute Gasteiger partial charge is 0.311 e. The summed E-state index contributed by atoms with van der Waals surface area (Å²) in [4.78, 5) is 0. The van der Waals surface area contributed by atoms with Crippen LogP contribution in [0.2, 0.25) is 0 Å². The maximum absolute atomic E-state index is 4.54. The molecule has 0 saturated carbocycles. The first-order valence-corrected chi connectivity index (χ1v) is 9.41. The lowest BCUT2D eigenvalue weighted by Gasteiger charge is -2.34. The molecule has 3 atom stereocenters. The molecule has 1 aromatic heterocycles. The van der Waals surface area contributed by atoms with Crippen molar-refractivity contribution in [2.24, 2.45) is 0 Å². The summed E-state index contributed by atoms with van der Waals surface area (Å²) in [7, 11) is 2.06. The normalized spacial score (nSPS) is 23.9. The van der Waals surface area contributed by atoms with Gasteiger partial charge in [0, 0.05) is 28.2 Å². The number of aromatic nitrogens is 2. The number of hydrogen-bond donors (Lipinski definition) is 1. The zero-order valence-electron chi connectivity index (χ0n) is 12.4. The van der Waals surface area contributed by atoms with Crippen LogP contribution in [-0.4, -0.2) is 38.8 Å². The predicted molar refractivity (Wildman–Crippen MR) is 93.5 cm³/mol. The fourth-order valence-corrected chi connectivity index (χ4v) is 5.80. The summed E-state index contributed by atoms with van der Waals surface area (Å²) in [6.45, 7) is 2.34. The van der Waals surface area contributed by atoms with E-state index in [1.165, 1.54) is 17.2 Å². The number of thioether (sulfide) groups is 2. The van der Waals surface area contributed by atoms with Crippen molar-refractivity contribution in [3.8, 4) is 5.69 Å². The Morgan fingerprint density at radius 1 is 1.19 bits per heavy atom. The lowest BCUT2D eigenvalue weighted by atomic mass is 10.1. The van der Waals surface area contributed by atoms with Gasteiger partial charge < -0.3 is 5.32 Å². The Kier molecular flexibility index (Phi) is 4.93. The van der Waals surface area contributed by atoms with E-state index in [1.807, 2.05) is 12.3 Å². The van der Waals surface area contributed by atoms with Crippen molar-refractivity contribution >= 4 is 23.5 Å². The smallest absolute Gasteiger partial charge is 0.0649 e. The van der Waals surface area contributed by atoms with Crippen molar-refractivity contribution in [3.05, 3.63) is 48.3 Å². The number of hydrogen-bond acceptors (Lipinski definition) is 4. The van der Waals surface area contributed by atoms with Crippen LogP contribution in [0.1, 0.15) is 18.7 Å². The first-order chi connectivity index (χ1) is 10.3. The van der Waals surface area contributed by atoms with E-state index >= 15 is 0 Å². The van der Waals surface area contributed by atoms with Crippen molar-refractivity contribution in [1.29, 1.82) is 0 Å². The van der Waals surface area contributed by atoms with E-state index < -0.39 is 0 Å². The average Bonchev–Trinajstić information content (AvgIpc) is 3.00. The highest BCUT2D eigenvalue weighted by Crippen LogP contribution is 2.38. The zero-order valence-corrected chi connectivity index (χ0v) is 14.0. The third-order valence-corrected chi connectivity index (χ3v) is 7.06. The molecule has 2 heterocycles. The number of rotatable bonds is 4. The maximum atomic E-state index is 4.54. The van der Waals surface area contributed by atoms with Crippen LogP contribution in [0, 0.1) is 0 Å². The Bertz CT molecular complexity index is 570. The van der Waals surface area contributed by atoms with E-state index in [0.29, 0.717) is 16.5 Å². The Labute approximate surface area is 134 Å². The molecule has 3 rings (SSSR count). The van der Waals surface area contributed by atoms with Crippen LogP contribution < -0.4 is 5.32 Å². The minimum Gasteiger partial charge on any atom is -0.311 e. The van der Waals surface area contributed by atoms with Crippen LogP contribution in [0.5, 0.6) is 0 Å². The summed E-state index contributed by atoms with van der Waals surface area (Å²) >= 11 is 4.16. The molecule has 1 aliphatic rings. The molecule has 2 aromatic rings. The molecule has 0 bridgehead atoms. The van der Waals surface area contributed by atoms with Gasteiger partial charge in [0.15, 0.2) is 0 Å². The predicted octanol–water partition coefficient (Wildman–Crippen LogP) is 3.37. The number of nitrogens with one attached hydrogen (secondary N) is 1. The third-order valence-electron chi connectivity index (χ3n) is 3.87. The van der Waals surface area contributed by atoms with Crippen molar-refractivity contribution in [1.82, 2.24) is 15.1 Å². The number of para-hydroxylation sites is 1. The van der Waals surface area contributed by atoms with Crippen molar-refractivity contribution < 1.29 is 0 Å². The van der Waals surface area contributed by atoms with E-state index in [2.05, 4.69) is 82.9 Å². The highest BCUT2D eigenvalue weighted by atomic mass is 32.2. The Hall–Kier alpha value is -0.910. The van der Waals surface area contributed by atoms with Crippen molar-refractivity contribution in [2.45, 2.75) is 23.5 Å². The molecular weight excluding hydrogens is 298 g/mol. The van der Waals surface area contributed by atoms with E-state index in [9.17, 15) is 0 Å². The minimum atomic E-state index is 0.320. The van der Waals surface area contributed by atoms with Crippen LogP contribution >= 0.6 is 23.5 Å². The van der Waals surface area contributed by atoms with Gasteiger partial charge in [-0.15, -0.1) is 0 Å². The van der Waals surface area contributed by atoms with Gasteiger partial charge in [-0.25, -0.2) is 4.68 Å². The van der Waals surface area contributed by atoms with Gasteiger partial charge in [-0.3, -0.25) is 0 Å². The highest BCUT2D eigenvalue weighted by Gasteiger charge is 2.32. The molecule has 1 fully saturated rings. The molecule has 1 saturated heterocycles. The Morgan fingerprint density at radius 2 is 1.95 bits per heavy atom. The standard InChI is InChI=1S/C16H21N3S2/c1-12-16(21-11-10-20-12)15(17-2)14-8-9-18-19(14)13-6-4-3-5-7-13/h3-9,12,15-17H,10-11H2,1-2H3. The molecule has 0 amide bonds. The summed E-state index contributed by atoms with van der Waals surface area (Å²) in [6, 6.07) is 12.8. The molecule has 0 radical (unpaired) electrons. The number of benzene rings is 1. The summed E-state index contributed by atoms with van der Waals surface area (Å²) in [6.07, 6.45) is 1.90. The molecule has 1 aromatic carbocycles. The van der Waals surface area contributed by atoms with Gasteiger partial charge >= 0.3 is 0 Å². The summed E-state index contributed by atoms with van der Waals surface area (Å²) < 4.78 is 2.06. The summed E-state index contributed by atoms with van der Waals surface area (Å²) in [5.74, 6) is 2.49. The summed E-state index contributed by atoms with van der Waals surface area (Å²) in [5, 5.41) is 9.29. The highest BCUT2D eigenvalue weighted by molar-refractivity contribution is 8.07. The SMILES string of the molecule is CNC(c1ccnn1-c1ccccc1)C1SCCSC1C. The third kappa shape index (κ3) is 3.15. The van der Waals surface area contributed by atoms with E-state index in [-0.39, 0.29) is 0 Å². The second-order valence-corrected chi connectivity index (χ2v) is 7.95. The molecule has 0 spiro atoms. The fourth-order valence-electron chi connectivity index (χ4n) is 2.83. The monoisotopic (exact) mass is 319 g/mol. The topological polar surface area (TPSA) is 29.9 Å². The van der Waals surface area contributed by atoms with Crippen LogP contribution in [0.3, 0.4) is 0 Å². The van der Waals surface area contributed by atoms with Gasteiger partial charge in [-0.1, -0.05) is 25.1 Å². The lowest BCUT2D eigenvalue weighted by Crippen LogP contribution is -2.37. The Morgan fingerprint density at radius 3 is 2.67 bits per heavy atom. The van der Waals surface area contributed by atoms with E-state index in [4.69, 9.17) is 0 Å². The van der Waals surface area contributed by atoms with Gasteiger partial charge in [0.1, 0.15) is 0 Å². The molecule has 0 aliphatic carbocycles. The second-order valence-electron chi connectivity index (χ2n) is 5.18. The van der Waals surface area contributed by atoms with Gasteiger partial charge in [0.2, 0.25) is 0 Å². The molecule has 5 heteroatoms. The van der Waals surface area contributed by atoms with E-state index in [0.717, 1.165) is 5.69 Å². The van der Waals surface area contributed by atoms with Gasteiger partial charge in [0.25, 0.3) is 0 Å². The van der Waals surface area contributed by atoms with Gasteiger partial charge in [-0.2, -0.15) is 28.6 Å². The molecule has 1 N–H and O–H groups in total. The number of nitrogens with zero attached hydrogens (tertiary/aromatic N) is 2.